The molecule has 1 aromatic carbocycles. The van der Waals surface area contributed by atoms with Crippen molar-refractivity contribution in [3.05, 3.63) is 64.1 Å². The minimum absolute atomic E-state index is 0.0395. The zero-order valence-electron chi connectivity index (χ0n) is 14.4. The molecule has 5 heteroatoms. The van der Waals surface area contributed by atoms with Crippen molar-refractivity contribution in [1.29, 1.82) is 0 Å². The van der Waals surface area contributed by atoms with Crippen LogP contribution in [0.4, 0.5) is 10.5 Å². The average molecular weight is 337 g/mol. The van der Waals surface area contributed by atoms with Gasteiger partial charge >= 0.3 is 6.03 Å². The van der Waals surface area contributed by atoms with E-state index < -0.39 is 0 Å². The van der Waals surface area contributed by atoms with Crippen LogP contribution in [0.25, 0.3) is 0 Å². The number of nitrogens with zero attached hydrogens (tertiary/aromatic N) is 2. The van der Waals surface area contributed by atoms with E-state index in [1.807, 2.05) is 45.9 Å². The Bertz CT molecular complexity index is 858. The van der Waals surface area contributed by atoms with Gasteiger partial charge in [0, 0.05) is 43.0 Å². The predicted molar refractivity (Wildman–Crippen MR) is 98.0 cm³/mol. The maximum atomic E-state index is 12.8. The maximum absolute atomic E-state index is 12.8. The highest BCUT2D eigenvalue weighted by molar-refractivity contribution is 5.90. The summed E-state index contributed by atoms with van der Waals surface area (Å²) in [6.07, 6.45) is 1.94. The summed E-state index contributed by atoms with van der Waals surface area (Å²) in [4.78, 5) is 26.8. The van der Waals surface area contributed by atoms with Crippen LogP contribution in [0.5, 0.6) is 0 Å². The van der Waals surface area contributed by atoms with Crippen LogP contribution in [0, 0.1) is 5.92 Å². The van der Waals surface area contributed by atoms with Gasteiger partial charge in [0.25, 0.3) is 5.56 Å². The maximum Gasteiger partial charge on any atom is 0.321 e. The van der Waals surface area contributed by atoms with Crippen LogP contribution in [0.2, 0.25) is 0 Å². The van der Waals surface area contributed by atoms with E-state index in [0.717, 1.165) is 29.8 Å². The highest BCUT2D eigenvalue weighted by Gasteiger charge is 2.36. The van der Waals surface area contributed by atoms with E-state index in [9.17, 15) is 9.59 Å². The van der Waals surface area contributed by atoms with Crippen molar-refractivity contribution >= 4 is 11.7 Å². The molecule has 5 nitrogen and oxygen atoms in total. The van der Waals surface area contributed by atoms with Crippen LogP contribution >= 0.6 is 0 Å². The Hall–Kier alpha value is -2.56. The zero-order valence-corrected chi connectivity index (χ0v) is 14.4. The molecule has 2 bridgehead atoms. The topological polar surface area (TPSA) is 54.3 Å². The molecule has 3 heterocycles. The molecule has 25 heavy (non-hydrogen) atoms. The van der Waals surface area contributed by atoms with Crippen LogP contribution < -0.4 is 10.9 Å². The fraction of sp³-hybridized carbons (Fsp3) is 0.400. The second-order valence-electron chi connectivity index (χ2n) is 7.04. The Morgan fingerprint density at radius 2 is 1.96 bits per heavy atom. The van der Waals surface area contributed by atoms with Gasteiger partial charge in [-0.3, -0.25) is 4.79 Å². The molecular formula is C20H23N3O2. The Morgan fingerprint density at radius 1 is 1.12 bits per heavy atom. The van der Waals surface area contributed by atoms with Crippen LogP contribution in [0.3, 0.4) is 0 Å². The summed E-state index contributed by atoms with van der Waals surface area (Å²) in [7, 11) is 0. The summed E-state index contributed by atoms with van der Waals surface area (Å²) in [5, 5.41) is 3.07. The lowest BCUT2D eigenvalue weighted by Gasteiger charge is -2.42. The molecule has 2 aromatic rings. The van der Waals surface area contributed by atoms with Gasteiger partial charge in [-0.15, -0.1) is 0 Å². The van der Waals surface area contributed by atoms with Gasteiger partial charge in [-0.05, 0) is 36.5 Å². The van der Waals surface area contributed by atoms with Gasteiger partial charge in [-0.1, -0.05) is 31.2 Å². The largest absolute Gasteiger partial charge is 0.324 e. The molecular weight excluding hydrogens is 314 g/mol. The fourth-order valence-corrected chi connectivity index (χ4v) is 4.21. The number of benzene rings is 1. The Morgan fingerprint density at radius 3 is 2.80 bits per heavy atom. The molecule has 1 aromatic heterocycles. The van der Waals surface area contributed by atoms with E-state index in [4.69, 9.17) is 0 Å². The first-order chi connectivity index (χ1) is 12.2. The molecule has 1 N–H and O–H groups in total. The number of para-hydroxylation sites is 1. The summed E-state index contributed by atoms with van der Waals surface area (Å²) in [6, 6.07) is 13.4. The van der Waals surface area contributed by atoms with Crippen molar-refractivity contribution in [3.63, 3.8) is 0 Å². The quantitative estimate of drug-likeness (QED) is 0.916. The molecule has 0 unspecified atom stereocenters. The third-order valence-electron chi connectivity index (χ3n) is 5.41. The fourth-order valence-electron chi connectivity index (χ4n) is 4.21. The highest BCUT2D eigenvalue weighted by atomic mass is 16.2. The Balaban J connectivity index is 1.54. The Labute approximate surface area is 147 Å². The van der Waals surface area contributed by atoms with Gasteiger partial charge < -0.3 is 14.8 Å². The van der Waals surface area contributed by atoms with E-state index >= 15 is 0 Å². The van der Waals surface area contributed by atoms with Crippen molar-refractivity contribution in [2.24, 2.45) is 5.92 Å². The number of likely N-dealkylation sites (tertiary alicyclic amines) is 1. The summed E-state index contributed by atoms with van der Waals surface area (Å²) in [5.41, 5.74) is 3.17. The third kappa shape index (κ3) is 2.95. The van der Waals surface area contributed by atoms with Crippen molar-refractivity contribution in [2.75, 3.05) is 18.4 Å². The van der Waals surface area contributed by atoms with Gasteiger partial charge in [0.15, 0.2) is 0 Å². The molecule has 0 spiro atoms. The lowest BCUT2D eigenvalue weighted by Crippen LogP contribution is -2.50. The lowest BCUT2D eigenvalue weighted by atomic mass is 9.83. The molecule has 1 fully saturated rings. The van der Waals surface area contributed by atoms with E-state index in [1.165, 1.54) is 0 Å². The first-order valence-electron chi connectivity index (χ1n) is 8.99. The number of amides is 2. The Kier molecular flexibility index (Phi) is 4.07. The molecule has 1 saturated heterocycles. The minimum atomic E-state index is -0.0395. The van der Waals surface area contributed by atoms with Crippen LogP contribution in [0.15, 0.2) is 47.3 Å². The zero-order chi connectivity index (χ0) is 17.4. The molecule has 4 rings (SSSR count). The van der Waals surface area contributed by atoms with Crippen LogP contribution in [0.1, 0.15) is 30.5 Å². The van der Waals surface area contributed by atoms with E-state index in [0.29, 0.717) is 25.6 Å². The first kappa shape index (κ1) is 15.9. The molecule has 0 saturated carbocycles. The van der Waals surface area contributed by atoms with E-state index in [2.05, 4.69) is 12.2 Å². The summed E-state index contributed by atoms with van der Waals surface area (Å²) < 4.78 is 1.89. The van der Waals surface area contributed by atoms with Crippen LogP contribution in [-0.4, -0.2) is 28.6 Å². The number of nitrogens with one attached hydrogen (secondary N) is 1. The number of hydrogen-bond donors (Lipinski definition) is 1. The van der Waals surface area contributed by atoms with Crippen LogP contribution in [-0.2, 0) is 13.0 Å². The van der Waals surface area contributed by atoms with E-state index in [-0.39, 0.29) is 17.5 Å². The van der Waals surface area contributed by atoms with Crippen molar-refractivity contribution < 1.29 is 4.79 Å². The molecule has 2 aliphatic heterocycles. The van der Waals surface area contributed by atoms with Gasteiger partial charge in [-0.25, -0.2) is 4.79 Å². The first-order valence-corrected chi connectivity index (χ1v) is 8.99. The normalized spacial score (nSPS) is 21.6. The number of carbonyl (C=O) groups excluding carboxylic acids is 1. The number of aromatic nitrogens is 1. The summed E-state index contributed by atoms with van der Waals surface area (Å²) in [6.45, 7) is 4.17. The molecule has 2 atom stereocenters. The number of pyridine rings is 1. The van der Waals surface area contributed by atoms with Gasteiger partial charge in [0.1, 0.15) is 0 Å². The van der Waals surface area contributed by atoms with Gasteiger partial charge in [0.05, 0.1) is 0 Å². The smallest absolute Gasteiger partial charge is 0.321 e. The third-order valence-corrected chi connectivity index (χ3v) is 5.41. The number of fused-ring (bicyclic) bond motifs is 4. The van der Waals surface area contributed by atoms with Crippen molar-refractivity contribution in [1.82, 2.24) is 9.47 Å². The molecule has 130 valence electrons. The number of aryl methyl sites for hydroxylation is 1. The molecule has 2 amide bonds. The monoisotopic (exact) mass is 337 g/mol. The number of hydrogen-bond acceptors (Lipinski definition) is 2. The number of carbonyl (C=O) groups is 1. The number of anilines is 1. The van der Waals surface area contributed by atoms with Crippen molar-refractivity contribution in [2.45, 2.75) is 32.2 Å². The predicted octanol–water partition coefficient (Wildman–Crippen LogP) is 3.06. The standard InChI is InChI=1S/C20H23N3O2/c1-2-15-6-3-4-7-17(15)21-20(25)22-11-14-10-16(13-22)18-8-5-9-19(24)23(18)12-14/h3-9,14,16H,2,10-13H2,1H3,(H,21,25)/t14-,16-/m1/s1. The second kappa shape index (κ2) is 6.39. The summed E-state index contributed by atoms with van der Waals surface area (Å²) >= 11 is 0. The van der Waals surface area contributed by atoms with E-state index in [1.54, 1.807) is 6.07 Å². The molecule has 0 radical (unpaired) electrons. The molecule has 2 aliphatic rings. The SMILES string of the molecule is CCc1ccccc1NC(=O)N1C[C@H]2C[C@H](C1)c1cccc(=O)n1C2. The summed E-state index contributed by atoms with van der Waals surface area (Å²) in [5.74, 6) is 0.590. The van der Waals surface area contributed by atoms with Gasteiger partial charge in [0.2, 0.25) is 0 Å². The highest BCUT2D eigenvalue weighted by Crippen LogP contribution is 2.35. The number of urea groups is 1. The second-order valence-corrected chi connectivity index (χ2v) is 7.04. The number of rotatable bonds is 2. The molecule has 0 aliphatic carbocycles. The minimum Gasteiger partial charge on any atom is -0.324 e. The lowest BCUT2D eigenvalue weighted by molar-refractivity contribution is 0.139. The van der Waals surface area contributed by atoms with Gasteiger partial charge in [-0.2, -0.15) is 0 Å². The van der Waals surface area contributed by atoms with Crippen molar-refractivity contribution in [3.8, 4) is 0 Å². The number of piperidine rings is 1. The average Bonchev–Trinajstić information content (AvgIpc) is 2.63.